The van der Waals surface area contributed by atoms with E-state index in [-0.39, 0.29) is 0 Å². The van der Waals surface area contributed by atoms with Crippen molar-refractivity contribution in [3.05, 3.63) is 36.2 Å². The highest BCUT2D eigenvalue weighted by molar-refractivity contribution is 7.98. The van der Waals surface area contributed by atoms with Crippen LogP contribution in [0.4, 0.5) is 11.6 Å². The predicted octanol–water partition coefficient (Wildman–Crippen LogP) is 2.68. The van der Waals surface area contributed by atoms with Gasteiger partial charge < -0.3 is 10.6 Å². The minimum atomic E-state index is 0.773. The number of hydrogen-bond acceptors (Lipinski definition) is 6. The van der Waals surface area contributed by atoms with E-state index in [2.05, 4.69) is 32.5 Å². The SMILES string of the molecule is CCNc1cc(NCCc2ccncc2)nc(SC)n1. The van der Waals surface area contributed by atoms with E-state index in [0.29, 0.717) is 0 Å². The fraction of sp³-hybridized carbons (Fsp3) is 0.357. The molecule has 0 radical (unpaired) electrons. The topological polar surface area (TPSA) is 62.7 Å². The van der Waals surface area contributed by atoms with E-state index in [1.165, 1.54) is 5.56 Å². The lowest BCUT2D eigenvalue weighted by atomic mass is 10.2. The van der Waals surface area contributed by atoms with E-state index in [1.54, 1.807) is 11.8 Å². The van der Waals surface area contributed by atoms with Crippen molar-refractivity contribution in [2.24, 2.45) is 0 Å². The Kier molecular flexibility index (Phi) is 5.61. The summed E-state index contributed by atoms with van der Waals surface area (Å²) in [5.74, 6) is 1.72. The van der Waals surface area contributed by atoms with Gasteiger partial charge in [0, 0.05) is 31.5 Å². The quantitative estimate of drug-likeness (QED) is 0.603. The molecular weight excluding hydrogens is 270 g/mol. The van der Waals surface area contributed by atoms with E-state index in [9.17, 15) is 0 Å². The largest absolute Gasteiger partial charge is 0.370 e. The van der Waals surface area contributed by atoms with Crippen LogP contribution in [-0.2, 0) is 6.42 Å². The van der Waals surface area contributed by atoms with Crippen molar-refractivity contribution in [1.82, 2.24) is 15.0 Å². The molecule has 2 rings (SSSR count). The molecule has 2 N–H and O–H groups in total. The fourth-order valence-corrected chi connectivity index (χ4v) is 2.14. The molecule has 6 heteroatoms. The molecule has 0 aliphatic rings. The normalized spacial score (nSPS) is 10.3. The lowest BCUT2D eigenvalue weighted by Crippen LogP contribution is -2.09. The molecule has 0 amide bonds. The summed E-state index contributed by atoms with van der Waals surface area (Å²) < 4.78 is 0. The number of rotatable bonds is 7. The van der Waals surface area contributed by atoms with Crippen LogP contribution >= 0.6 is 11.8 Å². The monoisotopic (exact) mass is 289 g/mol. The van der Waals surface area contributed by atoms with Crippen molar-refractivity contribution < 1.29 is 0 Å². The van der Waals surface area contributed by atoms with Crippen molar-refractivity contribution >= 4 is 23.4 Å². The van der Waals surface area contributed by atoms with Crippen molar-refractivity contribution in [1.29, 1.82) is 0 Å². The van der Waals surface area contributed by atoms with E-state index in [4.69, 9.17) is 0 Å². The summed E-state index contributed by atoms with van der Waals surface area (Å²) in [4.78, 5) is 12.9. The summed E-state index contributed by atoms with van der Waals surface area (Å²) in [6, 6.07) is 5.99. The minimum absolute atomic E-state index is 0.773. The number of anilines is 2. The molecule has 20 heavy (non-hydrogen) atoms. The third kappa shape index (κ3) is 4.38. The van der Waals surface area contributed by atoms with Crippen molar-refractivity contribution in [3.8, 4) is 0 Å². The van der Waals surface area contributed by atoms with Crippen LogP contribution in [0.1, 0.15) is 12.5 Å². The second-order valence-corrected chi connectivity index (χ2v) is 4.96. The standard InChI is InChI=1S/C14H19N5S/c1-3-16-12-10-13(19-14(18-12)20-2)17-9-6-11-4-7-15-8-5-11/h4-5,7-8,10H,3,6,9H2,1-2H3,(H2,16,17,18,19). The van der Waals surface area contributed by atoms with Crippen LogP contribution in [0.25, 0.3) is 0 Å². The van der Waals surface area contributed by atoms with E-state index < -0.39 is 0 Å². The molecule has 106 valence electrons. The molecule has 0 atom stereocenters. The van der Waals surface area contributed by atoms with Crippen LogP contribution in [0.15, 0.2) is 35.7 Å². The Morgan fingerprint density at radius 2 is 1.80 bits per heavy atom. The van der Waals surface area contributed by atoms with Crippen LogP contribution < -0.4 is 10.6 Å². The first-order valence-electron chi connectivity index (χ1n) is 6.61. The maximum absolute atomic E-state index is 4.45. The third-order valence-electron chi connectivity index (χ3n) is 2.72. The van der Waals surface area contributed by atoms with E-state index in [0.717, 1.165) is 36.3 Å². The molecule has 5 nitrogen and oxygen atoms in total. The molecule has 2 heterocycles. The Morgan fingerprint density at radius 3 is 2.45 bits per heavy atom. The molecule has 0 bridgehead atoms. The Bertz CT molecular complexity index is 532. The molecular formula is C14H19N5S. The van der Waals surface area contributed by atoms with Crippen LogP contribution in [0.5, 0.6) is 0 Å². The molecule has 0 saturated heterocycles. The summed E-state index contributed by atoms with van der Waals surface area (Å²) in [5.41, 5.74) is 1.26. The van der Waals surface area contributed by atoms with Gasteiger partial charge in [0.15, 0.2) is 5.16 Å². The van der Waals surface area contributed by atoms with Gasteiger partial charge in [-0.3, -0.25) is 4.98 Å². The summed E-state index contributed by atoms with van der Waals surface area (Å²) in [6.07, 6.45) is 6.55. The van der Waals surface area contributed by atoms with Gasteiger partial charge in [-0.2, -0.15) is 0 Å². The highest BCUT2D eigenvalue weighted by Crippen LogP contribution is 2.17. The molecule has 0 fully saturated rings. The lowest BCUT2D eigenvalue weighted by molar-refractivity contribution is 0.936. The van der Waals surface area contributed by atoms with Gasteiger partial charge in [0.1, 0.15) is 11.6 Å². The number of aromatic nitrogens is 3. The molecule has 2 aromatic heterocycles. The zero-order chi connectivity index (χ0) is 14.2. The van der Waals surface area contributed by atoms with Crippen molar-refractivity contribution in [2.75, 3.05) is 30.0 Å². The van der Waals surface area contributed by atoms with Gasteiger partial charge in [-0.25, -0.2) is 9.97 Å². The Hall–Kier alpha value is -1.82. The van der Waals surface area contributed by atoms with Crippen molar-refractivity contribution in [2.45, 2.75) is 18.5 Å². The molecule has 0 unspecified atom stereocenters. The fourth-order valence-electron chi connectivity index (χ4n) is 1.76. The summed E-state index contributed by atoms with van der Waals surface area (Å²) >= 11 is 1.54. The van der Waals surface area contributed by atoms with Gasteiger partial charge >= 0.3 is 0 Å². The predicted molar refractivity (Wildman–Crippen MR) is 84.4 cm³/mol. The highest BCUT2D eigenvalue weighted by atomic mass is 32.2. The molecule has 0 aliphatic carbocycles. The average molecular weight is 289 g/mol. The second-order valence-electron chi connectivity index (χ2n) is 4.19. The van der Waals surface area contributed by atoms with Crippen LogP contribution in [0.3, 0.4) is 0 Å². The Morgan fingerprint density at radius 1 is 1.10 bits per heavy atom. The Labute approximate surface area is 123 Å². The number of pyridine rings is 1. The van der Waals surface area contributed by atoms with E-state index >= 15 is 0 Å². The molecule has 2 aromatic rings. The zero-order valence-electron chi connectivity index (χ0n) is 11.8. The third-order valence-corrected chi connectivity index (χ3v) is 3.26. The van der Waals surface area contributed by atoms with Gasteiger partial charge in [0.2, 0.25) is 0 Å². The molecule has 0 aliphatic heterocycles. The second kappa shape index (κ2) is 7.69. The Balaban J connectivity index is 1.96. The number of nitrogens with zero attached hydrogens (tertiary/aromatic N) is 3. The summed E-state index contributed by atoms with van der Waals surface area (Å²) in [5, 5.41) is 7.33. The summed E-state index contributed by atoms with van der Waals surface area (Å²) in [7, 11) is 0. The summed E-state index contributed by atoms with van der Waals surface area (Å²) in [6.45, 7) is 3.74. The minimum Gasteiger partial charge on any atom is -0.370 e. The highest BCUT2D eigenvalue weighted by Gasteiger charge is 2.03. The maximum atomic E-state index is 4.45. The first kappa shape index (κ1) is 14.6. The van der Waals surface area contributed by atoms with E-state index in [1.807, 2.05) is 36.8 Å². The maximum Gasteiger partial charge on any atom is 0.191 e. The number of nitrogens with one attached hydrogen (secondary N) is 2. The first-order chi connectivity index (χ1) is 9.81. The number of hydrogen-bond donors (Lipinski definition) is 2. The smallest absolute Gasteiger partial charge is 0.191 e. The van der Waals surface area contributed by atoms with Crippen LogP contribution in [-0.4, -0.2) is 34.3 Å². The van der Waals surface area contributed by atoms with Gasteiger partial charge in [0.25, 0.3) is 0 Å². The van der Waals surface area contributed by atoms with Gasteiger partial charge in [-0.05, 0) is 37.3 Å². The van der Waals surface area contributed by atoms with Crippen molar-refractivity contribution in [3.63, 3.8) is 0 Å². The average Bonchev–Trinajstić information content (AvgIpc) is 2.48. The van der Waals surface area contributed by atoms with Gasteiger partial charge in [0.05, 0.1) is 0 Å². The molecule has 0 aromatic carbocycles. The van der Waals surface area contributed by atoms with Crippen LogP contribution in [0, 0.1) is 0 Å². The number of thioether (sulfide) groups is 1. The zero-order valence-corrected chi connectivity index (χ0v) is 12.6. The first-order valence-corrected chi connectivity index (χ1v) is 7.84. The van der Waals surface area contributed by atoms with Gasteiger partial charge in [-0.15, -0.1) is 0 Å². The molecule has 0 saturated carbocycles. The molecule has 0 spiro atoms. The lowest BCUT2D eigenvalue weighted by Gasteiger charge is -2.09. The van der Waals surface area contributed by atoms with Crippen LogP contribution in [0.2, 0.25) is 0 Å². The van der Waals surface area contributed by atoms with Gasteiger partial charge in [-0.1, -0.05) is 11.8 Å².